The zero-order valence-electron chi connectivity index (χ0n) is 13.9. The van der Waals surface area contributed by atoms with E-state index in [0.29, 0.717) is 11.0 Å². The van der Waals surface area contributed by atoms with E-state index < -0.39 is 15.7 Å². The topological polar surface area (TPSA) is 87.1 Å². The van der Waals surface area contributed by atoms with Gasteiger partial charge in [0.05, 0.1) is 15.9 Å². The summed E-state index contributed by atoms with van der Waals surface area (Å²) < 4.78 is 28.8. The van der Waals surface area contributed by atoms with Crippen LogP contribution in [0.25, 0.3) is 21.8 Å². The van der Waals surface area contributed by atoms with Crippen molar-refractivity contribution in [2.24, 2.45) is 5.73 Å². The maximum Gasteiger partial charge on any atom is 0.343 e. The van der Waals surface area contributed by atoms with E-state index in [9.17, 15) is 13.2 Å². The number of hydrogen-bond donors (Lipinski definition) is 1. The summed E-state index contributed by atoms with van der Waals surface area (Å²) in [4.78, 5) is 12.9. The highest BCUT2D eigenvalue weighted by atomic mass is 32.2. The molecule has 26 heavy (non-hydrogen) atoms. The second-order valence-electron chi connectivity index (χ2n) is 5.99. The molecule has 0 radical (unpaired) electrons. The Labute approximate surface area is 150 Å². The van der Waals surface area contributed by atoms with Crippen molar-refractivity contribution in [2.45, 2.75) is 11.4 Å². The van der Waals surface area contributed by atoms with Crippen molar-refractivity contribution < 1.29 is 8.42 Å². The zero-order valence-corrected chi connectivity index (χ0v) is 14.7. The largest absolute Gasteiger partial charge is 0.343 e. The molecule has 0 aliphatic rings. The lowest BCUT2D eigenvalue weighted by Gasteiger charge is -2.07. The fraction of sp³-hybridized carbons (Fsp3) is 0.105. The van der Waals surface area contributed by atoms with Crippen LogP contribution in [0.1, 0.15) is 0 Å². The average Bonchev–Trinajstić information content (AvgIpc) is 2.94. The predicted octanol–water partition coefficient (Wildman–Crippen LogP) is 2.15. The molecule has 0 saturated heterocycles. The Morgan fingerprint density at radius 1 is 0.846 bits per heavy atom. The molecule has 0 spiro atoms. The van der Waals surface area contributed by atoms with E-state index in [0.717, 1.165) is 14.7 Å². The molecule has 0 fully saturated rings. The van der Waals surface area contributed by atoms with Crippen molar-refractivity contribution in [2.75, 3.05) is 6.54 Å². The molecule has 4 rings (SSSR count). The highest BCUT2D eigenvalue weighted by molar-refractivity contribution is 7.90. The number of para-hydroxylation sites is 2. The van der Waals surface area contributed by atoms with E-state index >= 15 is 0 Å². The lowest BCUT2D eigenvalue weighted by Crippen LogP contribution is -2.31. The van der Waals surface area contributed by atoms with Gasteiger partial charge in [-0.1, -0.05) is 42.5 Å². The molecule has 2 N–H and O–H groups in total. The lowest BCUT2D eigenvalue weighted by atomic mass is 10.1. The molecule has 0 amide bonds. The minimum absolute atomic E-state index is 0.0777. The standard InChI is InChI=1S/C19H17N3O3S/c20-11-12-21-17-7-3-4-8-18(17)22(19(21)23)26(24,25)16-10-9-14-5-1-2-6-15(14)13-16/h1-10,13H,11-12,20H2. The van der Waals surface area contributed by atoms with Crippen LogP contribution in [-0.2, 0) is 16.6 Å². The van der Waals surface area contributed by atoms with Crippen LogP contribution in [0.3, 0.4) is 0 Å². The molecule has 6 nitrogen and oxygen atoms in total. The molecule has 4 aromatic rings. The Morgan fingerprint density at radius 2 is 1.50 bits per heavy atom. The van der Waals surface area contributed by atoms with Gasteiger partial charge in [0.25, 0.3) is 10.0 Å². The highest BCUT2D eigenvalue weighted by Gasteiger charge is 2.25. The molecular weight excluding hydrogens is 350 g/mol. The number of rotatable bonds is 4. The monoisotopic (exact) mass is 367 g/mol. The second-order valence-corrected chi connectivity index (χ2v) is 7.78. The first kappa shape index (κ1) is 16.6. The maximum atomic E-state index is 13.2. The van der Waals surface area contributed by atoms with Crippen LogP contribution in [0.2, 0.25) is 0 Å². The summed E-state index contributed by atoms with van der Waals surface area (Å²) in [5.74, 6) is 0. The smallest absolute Gasteiger partial charge is 0.329 e. The average molecular weight is 367 g/mol. The summed E-state index contributed by atoms with van der Waals surface area (Å²) >= 11 is 0. The molecule has 1 aromatic heterocycles. The number of fused-ring (bicyclic) bond motifs is 2. The fourth-order valence-corrected chi connectivity index (χ4v) is 4.63. The summed E-state index contributed by atoms with van der Waals surface area (Å²) in [5, 5.41) is 1.73. The molecule has 7 heteroatoms. The van der Waals surface area contributed by atoms with E-state index in [1.54, 1.807) is 36.4 Å². The summed E-state index contributed by atoms with van der Waals surface area (Å²) in [6.07, 6.45) is 0. The third-order valence-electron chi connectivity index (χ3n) is 4.41. The molecule has 3 aromatic carbocycles. The summed E-state index contributed by atoms with van der Waals surface area (Å²) in [6, 6.07) is 19.2. The van der Waals surface area contributed by atoms with E-state index in [1.165, 1.54) is 10.6 Å². The maximum absolute atomic E-state index is 13.2. The fourth-order valence-electron chi connectivity index (χ4n) is 3.19. The van der Waals surface area contributed by atoms with Gasteiger partial charge in [0.2, 0.25) is 0 Å². The molecule has 1 heterocycles. The highest BCUT2D eigenvalue weighted by Crippen LogP contribution is 2.23. The molecule has 0 aliphatic heterocycles. The van der Waals surface area contributed by atoms with Gasteiger partial charge in [-0.05, 0) is 35.0 Å². The molecule has 0 atom stereocenters. The number of nitrogens with two attached hydrogens (primary N) is 1. The number of hydrogen-bond acceptors (Lipinski definition) is 4. The number of benzene rings is 3. The minimum atomic E-state index is -4.04. The van der Waals surface area contributed by atoms with Crippen LogP contribution in [-0.4, -0.2) is 23.5 Å². The molecule has 0 saturated carbocycles. The number of aromatic nitrogens is 2. The van der Waals surface area contributed by atoms with Gasteiger partial charge in [-0.15, -0.1) is 0 Å². The van der Waals surface area contributed by atoms with Crippen LogP contribution in [0.4, 0.5) is 0 Å². The van der Waals surface area contributed by atoms with Gasteiger partial charge in [-0.3, -0.25) is 4.57 Å². The van der Waals surface area contributed by atoms with E-state index in [2.05, 4.69) is 0 Å². The summed E-state index contributed by atoms with van der Waals surface area (Å²) in [6.45, 7) is 0.490. The normalized spacial score (nSPS) is 12.0. The van der Waals surface area contributed by atoms with Gasteiger partial charge < -0.3 is 5.73 Å². The summed E-state index contributed by atoms with van der Waals surface area (Å²) in [5.41, 5.74) is 5.88. The molecule has 0 bridgehead atoms. The predicted molar refractivity (Wildman–Crippen MR) is 102 cm³/mol. The molecule has 0 unspecified atom stereocenters. The van der Waals surface area contributed by atoms with E-state index in [-0.39, 0.29) is 18.0 Å². The Balaban J connectivity index is 2.01. The van der Waals surface area contributed by atoms with Gasteiger partial charge in [0, 0.05) is 13.1 Å². The van der Waals surface area contributed by atoms with Crippen LogP contribution in [0.15, 0.2) is 76.4 Å². The Hall–Kier alpha value is -2.90. The number of imidazole rings is 1. The van der Waals surface area contributed by atoms with Gasteiger partial charge in [-0.25, -0.2) is 13.2 Å². The minimum Gasteiger partial charge on any atom is -0.329 e. The quantitative estimate of drug-likeness (QED) is 0.599. The van der Waals surface area contributed by atoms with Crippen molar-refractivity contribution in [1.82, 2.24) is 8.54 Å². The van der Waals surface area contributed by atoms with Crippen LogP contribution < -0.4 is 11.4 Å². The van der Waals surface area contributed by atoms with Crippen molar-refractivity contribution in [3.63, 3.8) is 0 Å². The van der Waals surface area contributed by atoms with Gasteiger partial charge >= 0.3 is 5.69 Å². The molecule has 0 aliphatic carbocycles. The van der Waals surface area contributed by atoms with Gasteiger partial charge in [0.15, 0.2) is 0 Å². The first-order valence-corrected chi connectivity index (χ1v) is 9.63. The Morgan fingerprint density at radius 3 is 2.23 bits per heavy atom. The van der Waals surface area contributed by atoms with Crippen LogP contribution in [0.5, 0.6) is 0 Å². The lowest BCUT2D eigenvalue weighted by molar-refractivity contribution is 0.583. The van der Waals surface area contributed by atoms with Crippen molar-refractivity contribution in [3.8, 4) is 0 Å². The molecular formula is C19H17N3O3S. The van der Waals surface area contributed by atoms with Crippen molar-refractivity contribution >= 4 is 31.8 Å². The second kappa shape index (κ2) is 6.12. The third-order valence-corrected chi connectivity index (χ3v) is 6.09. The Bertz CT molecular complexity index is 1290. The Kier molecular flexibility index (Phi) is 3.90. The summed E-state index contributed by atoms with van der Waals surface area (Å²) in [7, 11) is -4.04. The first-order chi connectivity index (χ1) is 12.5. The van der Waals surface area contributed by atoms with E-state index in [1.807, 2.05) is 24.3 Å². The van der Waals surface area contributed by atoms with E-state index in [4.69, 9.17) is 5.73 Å². The van der Waals surface area contributed by atoms with Crippen molar-refractivity contribution in [1.29, 1.82) is 0 Å². The van der Waals surface area contributed by atoms with Crippen LogP contribution >= 0.6 is 0 Å². The van der Waals surface area contributed by atoms with Crippen LogP contribution in [0, 0.1) is 0 Å². The first-order valence-electron chi connectivity index (χ1n) is 8.19. The third kappa shape index (κ3) is 2.44. The molecule has 132 valence electrons. The van der Waals surface area contributed by atoms with Crippen molar-refractivity contribution in [3.05, 3.63) is 77.2 Å². The number of nitrogens with zero attached hydrogens (tertiary/aromatic N) is 2. The SMILES string of the molecule is NCCn1c(=O)n(S(=O)(=O)c2ccc3ccccc3c2)c2ccccc21. The zero-order chi connectivity index (χ0) is 18.3. The van der Waals surface area contributed by atoms with Gasteiger partial charge in [0.1, 0.15) is 0 Å². The van der Waals surface area contributed by atoms with Gasteiger partial charge in [-0.2, -0.15) is 3.97 Å².